The Morgan fingerprint density at radius 2 is 1.96 bits per heavy atom. The van der Waals surface area contributed by atoms with E-state index in [0.717, 1.165) is 43.3 Å². The molecule has 0 radical (unpaired) electrons. The molecule has 2 N–H and O–H groups in total. The highest BCUT2D eigenvalue weighted by atomic mass is 16.7. The van der Waals surface area contributed by atoms with E-state index in [-0.39, 0.29) is 12.5 Å². The normalized spacial score (nSPS) is 16.9. The SMILES string of the molecule is CN(C)C(=O)CN=C(NCCc1ccc2c(c1)OCO2)NC1CCCCC1. The maximum Gasteiger partial charge on any atom is 0.243 e. The third-order valence-electron chi connectivity index (χ3n) is 4.96. The van der Waals surface area contributed by atoms with Gasteiger partial charge in [0.1, 0.15) is 6.54 Å². The molecule has 0 saturated heterocycles. The minimum atomic E-state index is -0.00415. The average molecular weight is 374 g/mol. The second-order valence-electron chi connectivity index (χ2n) is 7.30. The van der Waals surface area contributed by atoms with E-state index in [9.17, 15) is 4.79 Å². The van der Waals surface area contributed by atoms with Crippen LogP contribution >= 0.6 is 0 Å². The third kappa shape index (κ3) is 5.77. The fourth-order valence-corrected chi connectivity index (χ4v) is 3.30. The molecule has 0 atom stereocenters. The highest BCUT2D eigenvalue weighted by molar-refractivity contribution is 5.84. The van der Waals surface area contributed by atoms with Gasteiger partial charge in [0.15, 0.2) is 17.5 Å². The van der Waals surface area contributed by atoms with E-state index >= 15 is 0 Å². The Labute approximate surface area is 161 Å². The minimum Gasteiger partial charge on any atom is -0.454 e. The summed E-state index contributed by atoms with van der Waals surface area (Å²) in [5.41, 5.74) is 1.17. The number of guanidine groups is 1. The molecule has 148 valence electrons. The summed E-state index contributed by atoms with van der Waals surface area (Å²) >= 11 is 0. The summed E-state index contributed by atoms with van der Waals surface area (Å²) in [7, 11) is 3.50. The molecule has 1 heterocycles. The second kappa shape index (κ2) is 9.48. The summed E-state index contributed by atoms with van der Waals surface area (Å²) in [5.74, 6) is 2.32. The lowest BCUT2D eigenvalue weighted by molar-refractivity contribution is -0.127. The van der Waals surface area contributed by atoms with Crippen LogP contribution in [0.15, 0.2) is 23.2 Å². The van der Waals surface area contributed by atoms with E-state index in [1.807, 2.05) is 12.1 Å². The molecule has 7 heteroatoms. The summed E-state index contributed by atoms with van der Waals surface area (Å²) in [6.45, 7) is 1.17. The number of carbonyl (C=O) groups excluding carboxylic acids is 1. The lowest BCUT2D eigenvalue weighted by Gasteiger charge is -2.25. The van der Waals surface area contributed by atoms with Gasteiger partial charge < -0.3 is 25.0 Å². The van der Waals surface area contributed by atoms with E-state index in [4.69, 9.17) is 9.47 Å². The van der Waals surface area contributed by atoms with E-state index in [1.165, 1.54) is 24.8 Å². The smallest absolute Gasteiger partial charge is 0.243 e. The van der Waals surface area contributed by atoms with Crippen molar-refractivity contribution in [3.8, 4) is 11.5 Å². The summed E-state index contributed by atoms with van der Waals surface area (Å²) in [5, 5.41) is 6.88. The Hall–Kier alpha value is -2.44. The van der Waals surface area contributed by atoms with Gasteiger partial charge in [0.25, 0.3) is 0 Å². The number of nitrogens with one attached hydrogen (secondary N) is 2. The van der Waals surface area contributed by atoms with Crippen molar-refractivity contribution in [1.29, 1.82) is 0 Å². The molecule has 27 heavy (non-hydrogen) atoms. The maximum atomic E-state index is 11.9. The lowest BCUT2D eigenvalue weighted by atomic mass is 9.96. The van der Waals surface area contributed by atoms with Gasteiger partial charge in [-0.3, -0.25) is 4.79 Å². The number of likely N-dealkylation sites (N-methyl/N-ethyl adjacent to an activating group) is 1. The predicted molar refractivity (Wildman–Crippen MR) is 105 cm³/mol. The van der Waals surface area contributed by atoms with Gasteiger partial charge in [0.2, 0.25) is 12.7 Å². The molecule has 0 spiro atoms. The fraction of sp³-hybridized carbons (Fsp3) is 0.600. The largest absolute Gasteiger partial charge is 0.454 e. The van der Waals surface area contributed by atoms with Crippen molar-refractivity contribution < 1.29 is 14.3 Å². The molecule has 0 aromatic heterocycles. The summed E-state index contributed by atoms with van der Waals surface area (Å²) in [4.78, 5) is 17.9. The van der Waals surface area contributed by atoms with E-state index < -0.39 is 0 Å². The molecular weight excluding hydrogens is 344 g/mol. The molecule has 7 nitrogen and oxygen atoms in total. The number of ether oxygens (including phenoxy) is 2. The van der Waals surface area contributed by atoms with Crippen LogP contribution in [0.1, 0.15) is 37.7 Å². The van der Waals surface area contributed by atoms with Crippen LogP contribution in [-0.4, -0.2) is 56.8 Å². The van der Waals surface area contributed by atoms with Gasteiger partial charge in [-0.25, -0.2) is 4.99 Å². The summed E-state index contributed by atoms with van der Waals surface area (Å²) < 4.78 is 10.8. The Morgan fingerprint density at radius 1 is 1.19 bits per heavy atom. The molecule has 1 aliphatic heterocycles. The molecule has 1 fully saturated rings. The molecule has 1 saturated carbocycles. The fourth-order valence-electron chi connectivity index (χ4n) is 3.30. The topological polar surface area (TPSA) is 75.2 Å². The van der Waals surface area contributed by atoms with Crippen LogP contribution < -0.4 is 20.1 Å². The molecule has 3 rings (SSSR count). The lowest BCUT2D eigenvalue weighted by Crippen LogP contribution is -2.45. The average Bonchev–Trinajstić information content (AvgIpc) is 3.14. The Balaban J connectivity index is 1.54. The van der Waals surface area contributed by atoms with Crippen LogP contribution in [0.3, 0.4) is 0 Å². The Bertz CT molecular complexity index is 669. The number of benzene rings is 1. The highest BCUT2D eigenvalue weighted by Crippen LogP contribution is 2.32. The molecule has 0 unspecified atom stereocenters. The summed E-state index contributed by atoms with van der Waals surface area (Å²) in [6.07, 6.45) is 6.96. The van der Waals surface area contributed by atoms with Crippen molar-refractivity contribution in [1.82, 2.24) is 15.5 Å². The van der Waals surface area contributed by atoms with Gasteiger partial charge in [-0.1, -0.05) is 25.3 Å². The van der Waals surface area contributed by atoms with Crippen LogP contribution in [0.25, 0.3) is 0 Å². The molecule has 1 aromatic rings. The second-order valence-corrected chi connectivity index (χ2v) is 7.30. The summed E-state index contributed by atoms with van der Waals surface area (Å²) in [6, 6.07) is 6.45. The van der Waals surface area contributed by atoms with Crippen molar-refractivity contribution in [3.63, 3.8) is 0 Å². The number of amides is 1. The van der Waals surface area contributed by atoms with Crippen molar-refractivity contribution in [2.75, 3.05) is 34.0 Å². The zero-order valence-electron chi connectivity index (χ0n) is 16.3. The number of aliphatic imine (C=N–C) groups is 1. The number of nitrogens with zero attached hydrogens (tertiary/aromatic N) is 2. The number of hydrogen-bond donors (Lipinski definition) is 2. The van der Waals surface area contributed by atoms with Crippen LogP contribution in [0, 0.1) is 0 Å². The quantitative estimate of drug-likeness (QED) is 0.588. The van der Waals surface area contributed by atoms with Gasteiger partial charge in [-0.15, -0.1) is 0 Å². The zero-order valence-corrected chi connectivity index (χ0v) is 16.3. The first kappa shape index (κ1) is 19.3. The zero-order chi connectivity index (χ0) is 19.1. The van der Waals surface area contributed by atoms with Crippen LogP contribution in [0.5, 0.6) is 11.5 Å². The highest BCUT2D eigenvalue weighted by Gasteiger charge is 2.16. The molecular formula is C20H30N4O3. The van der Waals surface area contributed by atoms with Gasteiger partial charge in [0.05, 0.1) is 0 Å². The van der Waals surface area contributed by atoms with E-state index in [1.54, 1.807) is 19.0 Å². The van der Waals surface area contributed by atoms with Gasteiger partial charge in [0, 0.05) is 26.7 Å². The van der Waals surface area contributed by atoms with Gasteiger partial charge in [-0.2, -0.15) is 0 Å². The van der Waals surface area contributed by atoms with E-state index in [2.05, 4.69) is 21.7 Å². The first-order valence-corrected chi connectivity index (χ1v) is 9.75. The van der Waals surface area contributed by atoms with Gasteiger partial charge in [-0.05, 0) is 37.0 Å². The number of hydrogen-bond acceptors (Lipinski definition) is 4. The van der Waals surface area contributed by atoms with E-state index in [0.29, 0.717) is 12.8 Å². The number of carbonyl (C=O) groups is 1. The van der Waals surface area contributed by atoms with Crippen LogP contribution in [-0.2, 0) is 11.2 Å². The number of rotatable bonds is 6. The maximum absolute atomic E-state index is 11.9. The van der Waals surface area contributed by atoms with Crippen LogP contribution in [0.4, 0.5) is 0 Å². The standard InChI is InChI=1S/C20H30N4O3/c1-24(2)19(25)13-22-20(23-16-6-4-3-5-7-16)21-11-10-15-8-9-17-18(12-15)27-14-26-17/h8-9,12,16H,3-7,10-11,13-14H2,1-2H3,(H2,21,22,23). The minimum absolute atomic E-state index is 0.00415. The van der Waals surface area contributed by atoms with Crippen LogP contribution in [0.2, 0.25) is 0 Å². The third-order valence-corrected chi connectivity index (χ3v) is 4.96. The Morgan fingerprint density at radius 3 is 2.74 bits per heavy atom. The van der Waals surface area contributed by atoms with Crippen molar-refractivity contribution in [2.45, 2.75) is 44.6 Å². The first-order chi connectivity index (χ1) is 13.1. The number of fused-ring (bicyclic) bond motifs is 1. The molecule has 1 aromatic carbocycles. The molecule has 1 amide bonds. The van der Waals surface area contributed by atoms with Crippen molar-refractivity contribution >= 4 is 11.9 Å². The van der Waals surface area contributed by atoms with Gasteiger partial charge >= 0.3 is 0 Å². The monoisotopic (exact) mass is 374 g/mol. The van der Waals surface area contributed by atoms with Crippen molar-refractivity contribution in [3.05, 3.63) is 23.8 Å². The Kier molecular flexibility index (Phi) is 6.79. The van der Waals surface area contributed by atoms with Crippen molar-refractivity contribution in [2.24, 2.45) is 4.99 Å². The molecule has 1 aliphatic carbocycles. The predicted octanol–water partition coefficient (Wildman–Crippen LogP) is 1.91. The molecule has 0 bridgehead atoms. The molecule has 2 aliphatic rings. The first-order valence-electron chi connectivity index (χ1n) is 9.75.